The number of fused-ring (bicyclic) bond motifs is 4. The molecule has 10 rings (SSSR count). The van der Waals surface area contributed by atoms with Crippen molar-refractivity contribution in [3.63, 3.8) is 0 Å². The van der Waals surface area contributed by atoms with Gasteiger partial charge in [-0.3, -0.25) is 0 Å². The van der Waals surface area contributed by atoms with Crippen molar-refractivity contribution < 1.29 is 0 Å². The highest BCUT2D eigenvalue weighted by molar-refractivity contribution is 6.33. The first-order valence-corrected chi connectivity index (χ1v) is 15.9. The minimum Gasteiger partial charge on any atom is -0.309 e. The van der Waals surface area contributed by atoms with Crippen LogP contribution in [-0.2, 0) is 0 Å². The van der Waals surface area contributed by atoms with Gasteiger partial charge in [0.2, 0.25) is 0 Å². The number of hydrogen-bond donors (Lipinski definition) is 0. The first kappa shape index (κ1) is 25.9. The normalized spacial score (nSPS) is 11.8. The Morgan fingerprint density at radius 1 is 0.340 bits per heavy atom. The molecule has 2 aromatic heterocycles. The second-order valence-corrected chi connectivity index (χ2v) is 12.1. The zero-order chi connectivity index (χ0) is 30.9. The fourth-order valence-electron chi connectivity index (χ4n) is 7.24. The van der Waals surface area contributed by atoms with Crippen LogP contribution in [0.4, 0.5) is 0 Å². The predicted molar refractivity (Wildman–Crippen MR) is 194 cm³/mol. The number of aromatic nitrogens is 4. The van der Waals surface area contributed by atoms with E-state index in [2.05, 4.69) is 102 Å². The molecule has 10 aromatic rings. The maximum absolute atomic E-state index is 5.04. The molecular formula is C43H26N4. The predicted octanol–water partition coefficient (Wildman–Crippen LogP) is 10.9. The molecule has 0 bridgehead atoms. The second kappa shape index (κ2) is 10.1. The summed E-state index contributed by atoms with van der Waals surface area (Å²) in [5.41, 5.74) is 6.26. The number of benzene rings is 8. The molecular weight excluding hydrogens is 573 g/mol. The SMILES string of the molecule is c1ccc(-c2nc(-c3ccccc3)nc(-c3ccc4c5c6ccc7cccc8ccc(cc5n(-c5ccccc5)c4c3)c6c87)n2)cc1. The number of hydrogen-bond acceptors (Lipinski definition) is 3. The highest BCUT2D eigenvalue weighted by atomic mass is 15.0. The summed E-state index contributed by atoms with van der Waals surface area (Å²) >= 11 is 0. The summed E-state index contributed by atoms with van der Waals surface area (Å²) in [6.07, 6.45) is 0. The molecule has 4 heteroatoms. The van der Waals surface area contributed by atoms with E-state index in [1.165, 1.54) is 48.6 Å². The van der Waals surface area contributed by atoms with E-state index in [0.717, 1.165) is 27.9 Å². The second-order valence-electron chi connectivity index (χ2n) is 12.1. The van der Waals surface area contributed by atoms with E-state index in [9.17, 15) is 0 Å². The lowest BCUT2D eigenvalue weighted by Crippen LogP contribution is -2.00. The van der Waals surface area contributed by atoms with E-state index < -0.39 is 0 Å². The molecule has 218 valence electrons. The average molecular weight is 599 g/mol. The van der Waals surface area contributed by atoms with Crippen LogP contribution in [0, 0.1) is 0 Å². The van der Waals surface area contributed by atoms with Gasteiger partial charge in [-0.25, -0.2) is 15.0 Å². The van der Waals surface area contributed by atoms with E-state index in [-0.39, 0.29) is 0 Å². The van der Waals surface area contributed by atoms with Crippen LogP contribution in [0.1, 0.15) is 0 Å². The molecule has 0 aliphatic carbocycles. The van der Waals surface area contributed by atoms with Gasteiger partial charge in [0, 0.05) is 33.2 Å². The molecule has 0 fully saturated rings. The molecule has 0 amide bonds. The Morgan fingerprint density at radius 2 is 0.894 bits per heavy atom. The summed E-state index contributed by atoms with van der Waals surface area (Å²) in [5.74, 6) is 1.95. The van der Waals surface area contributed by atoms with Crippen molar-refractivity contribution in [1.29, 1.82) is 0 Å². The molecule has 0 spiro atoms. The van der Waals surface area contributed by atoms with Gasteiger partial charge in [0.1, 0.15) is 0 Å². The summed E-state index contributed by atoms with van der Waals surface area (Å²) in [6, 6.07) is 55.6. The van der Waals surface area contributed by atoms with E-state index in [4.69, 9.17) is 15.0 Å². The van der Waals surface area contributed by atoms with Crippen molar-refractivity contribution in [3.05, 3.63) is 158 Å². The van der Waals surface area contributed by atoms with Crippen LogP contribution in [0.5, 0.6) is 0 Å². The van der Waals surface area contributed by atoms with Crippen molar-refractivity contribution in [2.24, 2.45) is 0 Å². The van der Waals surface area contributed by atoms with Crippen LogP contribution >= 0.6 is 0 Å². The first-order chi connectivity index (χ1) is 23.3. The minimum absolute atomic E-state index is 0.645. The summed E-state index contributed by atoms with van der Waals surface area (Å²) < 4.78 is 2.39. The molecule has 8 aromatic carbocycles. The van der Waals surface area contributed by atoms with Gasteiger partial charge in [-0.15, -0.1) is 0 Å². The lowest BCUT2D eigenvalue weighted by molar-refractivity contribution is 1.07. The Kier molecular flexibility index (Phi) is 5.54. The molecule has 0 aliphatic heterocycles. The Balaban J connectivity index is 1.29. The molecule has 4 nitrogen and oxygen atoms in total. The first-order valence-electron chi connectivity index (χ1n) is 15.9. The fraction of sp³-hybridized carbons (Fsp3) is 0. The third-order valence-corrected chi connectivity index (χ3v) is 9.35. The van der Waals surface area contributed by atoms with Gasteiger partial charge < -0.3 is 4.57 Å². The molecule has 0 aliphatic rings. The standard InChI is InChI=1S/C43H26N4/c1-4-11-29(12-5-1)41-44-42(30-13-6-2-7-14-30)46-43(45-41)32-22-23-34-36(26-32)47(33-17-8-3-9-18-33)37-25-31-20-19-27-15-10-16-28-21-24-35(40(34)37)39(31)38(27)28/h1-26H. The Hall–Kier alpha value is -6.39. The van der Waals surface area contributed by atoms with Gasteiger partial charge >= 0.3 is 0 Å². The summed E-state index contributed by atoms with van der Waals surface area (Å²) in [7, 11) is 0. The van der Waals surface area contributed by atoms with Crippen molar-refractivity contribution in [2.75, 3.05) is 0 Å². The van der Waals surface area contributed by atoms with Crippen LogP contribution < -0.4 is 0 Å². The van der Waals surface area contributed by atoms with Crippen molar-refractivity contribution in [1.82, 2.24) is 19.5 Å². The van der Waals surface area contributed by atoms with Crippen LogP contribution in [-0.4, -0.2) is 19.5 Å². The number of rotatable bonds is 4. The van der Waals surface area contributed by atoms with Crippen LogP contribution in [0.2, 0.25) is 0 Å². The molecule has 0 saturated heterocycles. The topological polar surface area (TPSA) is 43.6 Å². The maximum Gasteiger partial charge on any atom is 0.164 e. The summed E-state index contributed by atoms with van der Waals surface area (Å²) in [5, 5.41) is 10.2. The van der Waals surface area contributed by atoms with Gasteiger partial charge in [0.15, 0.2) is 17.5 Å². The smallest absolute Gasteiger partial charge is 0.164 e. The van der Waals surface area contributed by atoms with E-state index in [1.54, 1.807) is 0 Å². The maximum atomic E-state index is 5.04. The molecule has 0 saturated carbocycles. The summed E-state index contributed by atoms with van der Waals surface area (Å²) in [4.78, 5) is 15.0. The fourth-order valence-corrected chi connectivity index (χ4v) is 7.24. The van der Waals surface area contributed by atoms with Crippen LogP contribution in [0.15, 0.2) is 158 Å². The van der Waals surface area contributed by atoms with Crippen LogP contribution in [0.3, 0.4) is 0 Å². The molecule has 47 heavy (non-hydrogen) atoms. The zero-order valence-corrected chi connectivity index (χ0v) is 25.3. The molecule has 0 unspecified atom stereocenters. The average Bonchev–Trinajstić information content (AvgIpc) is 3.48. The lowest BCUT2D eigenvalue weighted by atomic mass is 9.92. The van der Waals surface area contributed by atoms with E-state index in [1.807, 2.05) is 60.7 Å². The van der Waals surface area contributed by atoms with Gasteiger partial charge in [-0.05, 0) is 56.6 Å². The van der Waals surface area contributed by atoms with Gasteiger partial charge in [0.25, 0.3) is 0 Å². The minimum atomic E-state index is 0.645. The van der Waals surface area contributed by atoms with E-state index >= 15 is 0 Å². The Labute approximate surface area is 270 Å². The van der Waals surface area contributed by atoms with Gasteiger partial charge in [-0.2, -0.15) is 0 Å². The molecule has 0 atom stereocenters. The van der Waals surface area contributed by atoms with E-state index in [0.29, 0.717) is 17.5 Å². The van der Waals surface area contributed by atoms with Crippen LogP contribution in [0.25, 0.3) is 94.0 Å². The van der Waals surface area contributed by atoms with Gasteiger partial charge in [-0.1, -0.05) is 133 Å². The largest absolute Gasteiger partial charge is 0.309 e. The Morgan fingerprint density at radius 3 is 1.55 bits per heavy atom. The van der Waals surface area contributed by atoms with Crippen molar-refractivity contribution >= 4 is 54.1 Å². The monoisotopic (exact) mass is 598 g/mol. The van der Waals surface area contributed by atoms with Crippen molar-refractivity contribution in [2.45, 2.75) is 0 Å². The number of para-hydroxylation sites is 1. The Bertz CT molecular complexity index is 2690. The zero-order valence-electron chi connectivity index (χ0n) is 25.3. The summed E-state index contributed by atoms with van der Waals surface area (Å²) in [6.45, 7) is 0. The van der Waals surface area contributed by atoms with Gasteiger partial charge in [0.05, 0.1) is 11.0 Å². The molecule has 0 N–H and O–H groups in total. The third-order valence-electron chi connectivity index (χ3n) is 9.35. The highest BCUT2D eigenvalue weighted by Gasteiger charge is 2.20. The molecule has 2 heterocycles. The quantitative estimate of drug-likeness (QED) is 0.189. The number of nitrogens with zero attached hydrogens (tertiary/aromatic N) is 4. The highest BCUT2D eigenvalue weighted by Crippen LogP contribution is 2.43. The lowest BCUT2D eigenvalue weighted by Gasteiger charge is -2.13. The van der Waals surface area contributed by atoms with Crippen molar-refractivity contribution in [3.8, 4) is 39.9 Å². The third kappa shape index (κ3) is 3.98. The molecule has 0 radical (unpaired) electrons.